The molecule has 0 amide bonds. The molecule has 0 saturated carbocycles. The zero-order valence-corrected chi connectivity index (χ0v) is 10.6. The monoisotopic (exact) mass is 271 g/mol. The summed E-state index contributed by atoms with van der Waals surface area (Å²) in [5.74, 6) is -0.428. The van der Waals surface area contributed by atoms with Crippen LogP contribution in [0, 0.1) is 5.82 Å². The van der Waals surface area contributed by atoms with Crippen LogP contribution in [0.15, 0.2) is 18.2 Å². The van der Waals surface area contributed by atoms with Crippen LogP contribution in [0.1, 0.15) is 11.4 Å². The predicted molar refractivity (Wildman–Crippen MR) is 67.7 cm³/mol. The summed E-state index contributed by atoms with van der Waals surface area (Å²) < 4.78 is 13.0. The zero-order chi connectivity index (χ0) is 12.3. The molecule has 90 valence electrons. The van der Waals surface area contributed by atoms with Gasteiger partial charge in [-0.05, 0) is 31.2 Å². The molecule has 1 aromatic heterocycles. The van der Waals surface area contributed by atoms with Crippen molar-refractivity contribution >= 4 is 22.9 Å². The molecule has 1 aromatic carbocycles. The number of nitrogens with zero attached hydrogens (tertiary/aromatic N) is 2. The highest BCUT2D eigenvalue weighted by atomic mass is 35.5. The minimum absolute atomic E-state index is 0.0983. The van der Waals surface area contributed by atoms with Crippen molar-refractivity contribution in [2.75, 3.05) is 6.54 Å². The number of halogens is 2. The van der Waals surface area contributed by atoms with E-state index >= 15 is 0 Å². The summed E-state index contributed by atoms with van der Waals surface area (Å²) in [6.07, 6.45) is 1.71. The van der Waals surface area contributed by atoms with Gasteiger partial charge in [0.25, 0.3) is 0 Å². The highest BCUT2D eigenvalue weighted by Gasteiger charge is 2.08. The average molecular weight is 272 g/mol. The molecule has 6 heteroatoms. The van der Waals surface area contributed by atoms with Crippen LogP contribution < -0.4 is 5.73 Å². The first-order valence-corrected chi connectivity index (χ1v) is 6.38. The van der Waals surface area contributed by atoms with Gasteiger partial charge in [-0.15, -0.1) is 10.2 Å². The molecule has 0 unspecified atom stereocenters. The van der Waals surface area contributed by atoms with Gasteiger partial charge in [-0.2, -0.15) is 0 Å². The summed E-state index contributed by atoms with van der Waals surface area (Å²) >= 11 is 7.20. The maximum Gasteiger partial charge on any atom is 0.147 e. The Morgan fingerprint density at radius 3 is 2.88 bits per heavy atom. The van der Waals surface area contributed by atoms with Crippen molar-refractivity contribution in [1.29, 1.82) is 0 Å². The van der Waals surface area contributed by atoms with Crippen LogP contribution in [0.2, 0.25) is 5.02 Å². The molecule has 0 spiro atoms. The van der Waals surface area contributed by atoms with Gasteiger partial charge < -0.3 is 5.73 Å². The van der Waals surface area contributed by atoms with E-state index in [2.05, 4.69) is 10.2 Å². The van der Waals surface area contributed by atoms with Crippen molar-refractivity contribution in [3.05, 3.63) is 34.0 Å². The molecule has 0 bridgehead atoms. The van der Waals surface area contributed by atoms with E-state index in [9.17, 15) is 4.39 Å². The lowest BCUT2D eigenvalue weighted by atomic mass is 10.2. The van der Waals surface area contributed by atoms with E-state index in [1.807, 2.05) is 0 Å². The van der Waals surface area contributed by atoms with Crippen molar-refractivity contribution in [3.63, 3.8) is 0 Å². The molecule has 0 aliphatic heterocycles. The number of nitrogens with two attached hydrogens (primary N) is 1. The third-order valence-corrected chi connectivity index (χ3v) is 3.55. The minimum Gasteiger partial charge on any atom is -0.330 e. The summed E-state index contributed by atoms with van der Waals surface area (Å²) in [7, 11) is 0. The highest BCUT2D eigenvalue weighted by Crippen LogP contribution is 2.27. The summed E-state index contributed by atoms with van der Waals surface area (Å²) in [5, 5.41) is 9.90. The Morgan fingerprint density at radius 1 is 1.35 bits per heavy atom. The van der Waals surface area contributed by atoms with Gasteiger partial charge in [0.05, 0.1) is 5.02 Å². The molecular weight excluding hydrogens is 261 g/mol. The van der Waals surface area contributed by atoms with Crippen LogP contribution in [-0.2, 0) is 6.42 Å². The number of hydrogen-bond acceptors (Lipinski definition) is 4. The Bertz CT molecular complexity index is 515. The van der Waals surface area contributed by atoms with Crippen molar-refractivity contribution in [1.82, 2.24) is 10.2 Å². The first-order valence-electron chi connectivity index (χ1n) is 5.18. The molecule has 0 aliphatic carbocycles. The Morgan fingerprint density at radius 2 is 2.18 bits per heavy atom. The Balaban J connectivity index is 2.21. The third-order valence-electron chi connectivity index (χ3n) is 2.23. The predicted octanol–water partition coefficient (Wildman–Crippen LogP) is 2.89. The number of hydrogen-bond donors (Lipinski definition) is 1. The number of aromatic nitrogens is 2. The van der Waals surface area contributed by atoms with E-state index in [1.54, 1.807) is 12.1 Å². The van der Waals surface area contributed by atoms with Crippen LogP contribution in [0.25, 0.3) is 10.6 Å². The highest BCUT2D eigenvalue weighted by molar-refractivity contribution is 7.14. The van der Waals surface area contributed by atoms with Gasteiger partial charge in [-0.3, -0.25) is 0 Å². The summed E-state index contributed by atoms with van der Waals surface area (Å²) in [5.41, 5.74) is 6.21. The summed E-state index contributed by atoms with van der Waals surface area (Å²) in [6, 6.07) is 4.54. The van der Waals surface area contributed by atoms with E-state index in [4.69, 9.17) is 17.3 Å². The summed E-state index contributed by atoms with van der Waals surface area (Å²) in [6.45, 7) is 0.636. The Hall–Kier alpha value is -1.04. The van der Waals surface area contributed by atoms with Crippen molar-refractivity contribution in [2.45, 2.75) is 12.8 Å². The maximum atomic E-state index is 13.0. The molecule has 0 radical (unpaired) electrons. The smallest absolute Gasteiger partial charge is 0.147 e. The topological polar surface area (TPSA) is 51.8 Å². The lowest BCUT2D eigenvalue weighted by molar-refractivity contribution is 0.628. The van der Waals surface area contributed by atoms with Crippen LogP contribution in [-0.4, -0.2) is 16.7 Å². The van der Waals surface area contributed by atoms with Crippen molar-refractivity contribution in [2.24, 2.45) is 5.73 Å². The molecule has 1 heterocycles. The lowest BCUT2D eigenvalue weighted by Gasteiger charge is -1.97. The molecule has 17 heavy (non-hydrogen) atoms. The quantitative estimate of drug-likeness (QED) is 0.930. The standard InChI is InChI=1S/C11H11ClFN3S/c12-8-6-7(3-4-9(8)13)11-16-15-10(17-11)2-1-5-14/h3-4,6H,1-2,5,14H2. The van der Waals surface area contributed by atoms with Gasteiger partial charge in [0.2, 0.25) is 0 Å². The molecule has 2 rings (SSSR count). The fraction of sp³-hybridized carbons (Fsp3) is 0.273. The number of aryl methyl sites for hydroxylation is 1. The van der Waals surface area contributed by atoms with E-state index in [1.165, 1.54) is 17.4 Å². The van der Waals surface area contributed by atoms with Gasteiger partial charge in [0.1, 0.15) is 15.8 Å². The average Bonchev–Trinajstić information content (AvgIpc) is 2.79. The minimum atomic E-state index is -0.428. The Labute approximate surface area is 107 Å². The van der Waals surface area contributed by atoms with Crippen molar-refractivity contribution < 1.29 is 4.39 Å². The van der Waals surface area contributed by atoms with Gasteiger partial charge in [-0.25, -0.2) is 4.39 Å². The lowest BCUT2D eigenvalue weighted by Crippen LogP contribution is -1.99. The van der Waals surface area contributed by atoms with Crippen LogP contribution >= 0.6 is 22.9 Å². The normalized spacial score (nSPS) is 10.8. The fourth-order valence-corrected chi connectivity index (χ4v) is 2.41. The fourth-order valence-electron chi connectivity index (χ4n) is 1.35. The van der Waals surface area contributed by atoms with Crippen LogP contribution in [0.4, 0.5) is 4.39 Å². The van der Waals surface area contributed by atoms with Gasteiger partial charge in [0, 0.05) is 12.0 Å². The van der Waals surface area contributed by atoms with Gasteiger partial charge in [0.15, 0.2) is 0 Å². The molecular formula is C11H11ClFN3S. The van der Waals surface area contributed by atoms with Crippen molar-refractivity contribution in [3.8, 4) is 10.6 Å². The largest absolute Gasteiger partial charge is 0.330 e. The van der Waals surface area contributed by atoms with Crippen LogP contribution in [0.5, 0.6) is 0 Å². The molecule has 3 nitrogen and oxygen atoms in total. The van der Waals surface area contributed by atoms with E-state index in [-0.39, 0.29) is 5.02 Å². The Kier molecular flexibility index (Phi) is 4.04. The van der Waals surface area contributed by atoms with E-state index < -0.39 is 5.82 Å². The number of benzene rings is 1. The molecule has 0 fully saturated rings. The van der Waals surface area contributed by atoms with Gasteiger partial charge >= 0.3 is 0 Å². The molecule has 0 saturated heterocycles. The zero-order valence-electron chi connectivity index (χ0n) is 8.99. The van der Waals surface area contributed by atoms with Gasteiger partial charge in [-0.1, -0.05) is 22.9 Å². The van der Waals surface area contributed by atoms with E-state index in [0.29, 0.717) is 6.54 Å². The van der Waals surface area contributed by atoms with E-state index in [0.717, 1.165) is 28.4 Å². The first kappa shape index (κ1) is 12.4. The second-order valence-corrected chi connectivity index (χ2v) is 4.99. The third kappa shape index (κ3) is 3.00. The van der Waals surface area contributed by atoms with Crippen LogP contribution in [0.3, 0.4) is 0 Å². The first-order chi connectivity index (χ1) is 8.20. The second kappa shape index (κ2) is 5.53. The molecule has 0 aliphatic rings. The molecule has 0 atom stereocenters. The maximum absolute atomic E-state index is 13.0. The second-order valence-electron chi connectivity index (χ2n) is 3.52. The molecule has 2 N–H and O–H groups in total. The summed E-state index contributed by atoms with van der Waals surface area (Å²) in [4.78, 5) is 0. The molecule has 2 aromatic rings. The number of rotatable bonds is 4. The SMILES string of the molecule is NCCCc1nnc(-c2ccc(F)c(Cl)c2)s1.